The van der Waals surface area contributed by atoms with Gasteiger partial charge in [-0.15, -0.1) is 0 Å². The van der Waals surface area contributed by atoms with Gasteiger partial charge in [0.1, 0.15) is 6.04 Å². The molecular formula is C16H20N4O3. The van der Waals surface area contributed by atoms with Crippen molar-refractivity contribution in [1.29, 1.82) is 0 Å². The summed E-state index contributed by atoms with van der Waals surface area (Å²) in [5.74, 6) is 1.91. The molecule has 2 N–H and O–H groups in total. The van der Waals surface area contributed by atoms with Crippen LogP contribution in [0.5, 0.6) is 0 Å². The molecule has 1 aliphatic carbocycles. The summed E-state index contributed by atoms with van der Waals surface area (Å²) in [6.07, 6.45) is 1.87. The molecule has 0 spiro atoms. The zero-order valence-corrected chi connectivity index (χ0v) is 13.2. The number of methoxy groups -OCH3 is 1. The maximum absolute atomic E-state index is 11.0. The monoisotopic (exact) mass is 316 g/mol. The van der Waals surface area contributed by atoms with E-state index < -0.39 is 6.09 Å². The topological polar surface area (TPSA) is 89.3 Å². The molecule has 1 fully saturated rings. The molecule has 0 saturated heterocycles. The summed E-state index contributed by atoms with van der Waals surface area (Å²) >= 11 is 0. The molecule has 1 aliphatic rings. The quantitative estimate of drug-likeness (QED) is 0.851. The van der Waals surface area contributed by atoms with Crippen molar-refractivity contribution in [2.75, 3.05) is 12.4 Å². The van der Waals surface area contributed by atoms with Crippen LogP contribution in [0.25, 0.3) is 0 Å². The van der Waals surface area contributed by atoms with Crippen LogP contribution in [0.3, 0.4) is 0 Å². The van der Waals surface area contributed by atoms with E-state index in [-0.39, 0.29) is 6.04 Å². The van der Waals surface area contributed by atoms with Gasteiger partial charge in [-0.3, -0.25) is 0 Å². The fourth-order valence-corrected chi connectivity index (χ4v) is 2.21. The highest BCUT2D eigenvalue weighted by Gasteiger charge is 2.29. The lowest BCUT2D eigenvalue weighted by Crippen LogP contribution is -2.22. The minimum absolute atomic E-state index is 0.0611. The summed E-state index contributed by atoms with van der Waals surface area (Å²) in [5.41, 5.74) is 1.94. The molecule has 0 aliphatic heterocycles. The number of nitrogens with one attached hydrogen (secondary N) is 2. The summed E-state index contributed by atoms with van der Waals surface area (Å²) in [6, 6.07) is 7.71. The Bertz CT molecular complexity index is 664. The van der Waals surface area contributed by atoms with Gasteiger partial charge in [-0.2, -0.15) is 4.98 Å². The first-order valence-corrected chi connectivity index (χ1v) is 7.66. The highest BCUT2D eigenvalue weighted by molar-refractivity contribution is 5.66. The van der Waals surface area contributed by atoms with Crippen molar-refractivity contribution in [3.05, 3.63) is 41.5 Å². The van der Waals surface area contributed by atoms with Gasteiger partial charge in [-0.05, 0) is 37.5 Å². The van der Waals surface area contributed by atoms with Crippen LogP contribution in [-0.4, -0.2) is 23.3 Å². The lowest BCUT2D eigenvalue weighted by atomic mass is 10.2. The number of alkyl carbamates (subject to hydrolysis) is 1. The van der Waals surface area contributed by atoms with Crippen molar-refractivity contribution >= 4 is 11.8 Å². The zero-order valence-electron chi connectivity index (χ0n) is 13.2. The van der Waals surface area contributed by atoms with Gasteiger partial charge in [-0.25, -0.2) is 4.79 Å². The number of ether oxygens (including phenoxy) is 1. The van der Waals surface area contributed by atoms with Gasteiger partial charge in [0.15, 0.2) is 5.82 Å². The summed E-state index contributed by atoms with van der Waals surface area (Å²) in [5, 5.41) is 9.99. The Balaban J connectivity index is 1.55. The number of aromatic nitrogens is 2. The Labute approximate surface area is 134 Å². The summed E-state index contributed by atoms with van der Waals surface area (Å²) in [4.78, 5) is 15.5. The number of carbonyl (C=O) groups is 1. The van der Waals surface area contributed by atoms with Crippen molar-refractivity contribution in [3.8, 4) is 0 Å². The number of nitrogens with zero attached hydrogens (tertiary/aromatic N) is 2. The lowest BCUT2D eigenvalue weighted by Gasteiger charge is -2.12. The summed E-state index contributed by atoms with van der Waals surface area (Å²) in [6.45, 7) is 2.41. The fourth-order valence-electron chi connectivity index (χ4n) is 2.21. The molecule has 23 heavy (non-hydrogen) atoms. The fraction of sp³-hybridized carbons (Fsp3) is 0.438. The van der Waals surface area contributed by atoms with Crippen molar-refractivity contribution in [2.24, 2.45) is 0 Å². The molecule has 7 heteroatoms. The minimum Gasteiger partial charge on any atom is -0.453 e. The molecule has 0 radical (unpaired) electrons. The maximum Gasteiger partial charge on any atom is 0.407 e. The Kier molecular flexibility index (Phi) is 4.45. The predicted octanol–water partition coefficient (Wildman–Crippen LogP) is 2.98. The molecule has 1 atom stereocenters. The molecule has 2 aromatic rings. The van der Waals surface area contributed by atoms with Crippen LogP contribution in [0.4, 0.5) is 10.5 Å². The van der Waals surface area contributed by atoms with Gasteiger partial charge >= 0.3 is 6.09 Å². The first kappa shape index (κ1) is 15.3. The third-order valence-corrected chi connectivity index (χ3v) is 3.73. The van der Waals surface area contributed by atoms with Gasteiger partial charge in [0.25, 0.3) is 0 Å². The van der Waals surface area contributed by atoms with Crippen molar-refractivity contribution in [1.82, 2.24) is 15.5 Å². The van der Waals surface area contributed by atoms with Crippen LogP contribution in [0, 0.1) is 0 Å². The first-order chi connectivity index (χ1) is 11.2. The van der Waals surface area contributed by atoms with Crippen molar-refractivity contribution in [2.45, 2.75) is 38.3 Å². The number of rotatable bonds is 6. The highest BCUT2D eigenvalue weighted by Crippen LogP contribution is 2.38. The molecule has 1 aromatic heterocycles. The number of amides is 1. The van der Waals surface area contributed by atoms with Crippen LogP contribution in [0.2, 0.25) is 0 Å². The number of carbonyl (C=O) groups excluding carboxylic acids is 1. The van der Waals surface area contributed by atoms with Crippen LogP contribution < -0.4 is 10.6 Å². The highest BCUT2D eigenvalue weighted by atomic mass is 16.5. The van der Waals surface area contributed by atoms with Crippen LogP contribution in [-0.2, 0) is 11.3 Å². The lowest BCUT2D eigenvalue weighted by molar-refractivity contribution is 0.170. The van der Waals surface area contributed by atoms with E-state index in [1.165, 1.54) is 7.11 Å². The number of hydrogen-bond acceptors (Lipinski definition) is 6. The standard InChI is InChI=1S/C16H20N4O3/c1-10(15-19-14(20-23-15)12-5-6-12)18-13-7-3-11(4-8-13)9-17-16(21)22-2/h3-4,7-8,10,12,18H,5-6,9H2,1-2H3,(H,17,21)/t10-/m1/s1. The average Bonchev–Trinajstić information content (AvgIpc) is 3.30. The van der Waals surface area contributed by atoms with E-state index in [0.717, 1.165) is 29.9 Å². The molecule has 3 rings (SSSR count). The van der Waals surface area contributed by atoms with Gasteiger partial charge in [0.05, 0.1) is 7.11 Å². The largest absolute Gasteiger partial charge is 0.453 e. The van der Waals surface area contributed by atoms with E-state index in [1.807, 2.05) is 31.2 Å². The average molecular weight is 316 g/mol. The predicted molar refractivity (Wildman–Crippen MR) is 84.0 cm³/mol. The second kappa shape index (κ2) is 6.68. The normalized spacial score (nSPS) is 15.0. The Hall–Kier alpha value is -2.57. The third-order valence-electron chi connectivity index (χ3n) is 3.73. The molecule has 0 bridgehead atoms. The molecule has 0 unspecified atom stereocenters. The van der Waals surface area contributed by atoms with E-state index in [1.54, 1.807) is 0 Å². The molecule has 1 saturated carbocycles. The smallest absolute Gasteiger partial charge is 0.407 e. The van der Waals surface area contributed by atoms with Gasteiger partial charge < -0.3 is 19.9 Å². The molecule has 7 nitrogen and oxygen atoms in total. The summed E-state index contributed by atoms with van der Waals surface area (Å²) < 4.78 is 9.85. The maximum atomic E-state index is 11.0. The second-order valence-electron chi connectivity index (χ2n) is 5.67. The molecule has 1 amide bonds. The minimum atomic E-state index is -0.441. The van der Waals surface area contributed by atoms with Crippen molar-refractivity contribution < 1.29 is 14.1 Å². The number of anilines is 1. The van der Waals surface area contributed by atoms with Crippen LogP contribution in [0.1, 0.15) is 49.0 Å². The van der Waals surface area contributed by atoms with Gasteiger partial charge in [0.2, 0.25) is 5.89 Å². The third kappa shape index (κ3) is 4.00. The van der Waals surface area contributed by atoms with E-state index >= 15 is 0 Å². The summed E-state index contributed by atoms with van der Waals surface area (Å²) in [7, 11) is 1.34. The van der Waals surface area contributed by atoms with E-state index in [2.05, 4.69) is 25.5 Å². The number of benzene rings is 1. The Morgan fingerprint density at radius 1 is 1.39 bits per heavy atom. The van der Waals surface area contributed by atoms with E-state index in [4.69, 9.17) is 4.52 Å². The first-order valence-electron chi connectivity index (χ1n) is 7.66. The van der Waals surface area contributed by atoms with Gasteiger partial charge in [-0.1, -0.05) is 17.3 Å². The van der Waals surface area contributed by atoms with Gasteiger partial charge in [0, 0.05) is 18.2 Å². The van der Waals surface area contributed by atoms with Crippen LogP contribution in [0.15, 0.2) is 28.8 Å². The molecule has 1 heterocycles. The Morgan fingerprint density at radius 2 is 2.13 bits per heavy atom. The molecular weight excluding hydrogens is 296 g/mol. The molecule has 122 valence electrons. The zero-order chi connectivity index (χ0) is 16.2. The molecule has 1 aromatic carbocycles. The van der Waals surface area contributed by atoms with Crippen molar-refractivity contribution in [3.63, 3.8) is 0 Å². The van der Waals surface area contributed by atoms with E-state index in [9.17, 15) is 4.79 Å². The van der Waals surface area contributed by atoms with E-state index in [0.29, 0.717) is 18.4 Å². The second-order valence-corrected chi connectivity index (χ2v) is 5.67. The van der Waals surface area contributed by atoms with Crippen LogP contribution >= 0.6 is 0 Å². The Morgan fingerprint density at radius 3 is 2.78 bits per heavy atom. The SMILES string of the molecule is COC(=O)NCc1ccc(N[C@H](C)c2nc(C3CC3)no2)cc1. The number of hydrogen-bond donors (Lipinski definition) is 2.